The number of benzene rings is 1. The lowest BCUT2D eigenvalue weighted by atomic mass is 10.2. The van der Waals surface area contributed by atoms with E-state index in [4.69, 9.17) is 10.5 Å². The van der Waals surface area contributed by atoms with Gasteiger partial charge in [-0.2, -0.15) is 0 Å². The highest BCUT2D eigenvalue weighted by Gasteiger charge is 2.02. The zero-order chi connectivity index (χ0) is 12.0. The first-order chi connectivity index (χ1) is 7.63. The van der Waals surface area contributed by atoms with Crippen molar-refractivity contribution < 1.29 is 14.3 Å². The highest BCUT2D eigenvalue weighted by atomic mass is 16.5. The molecule has 4 nitrogen and oxygen atoms in total. The Morgan fingerprint density at radius 2 is 2.00 bits per heavy atom. The molecule has 0 bridgehead atoms. The largest absolute Gasteiger partial charge is 0.478 e. The van der Waals surface area contributed by atoms with Gasteiger partial charge in [0.05, 0.1) is 7.11 Å². The van der Waals surface area contributed by atoms with Gasteiger partial charge >= 0.3 is 0 Å². The molecule has 0 heterocycles. The van der Waals surface area contributed by atoms with Crippen molar-refractivity contribution in [2.45, 2.75) is 13.0 Å². The number of methoxy groups -OCH3 is 1. The molecular weight excluding hydrogens is 206 g/mol. The first kappa shape index (κ1) is 11.9. The summed E-state index contributed by atoms with van der Waals surface area (Å²) in [5, 5.41) is 0. The molecule has 1 aromatic carbocycles. The van der Waals surface area contributed by atoms with Crippen molar-refractivity contribution >= 4 is 5.91 Å². The summed E-state index contributed by atoms with van der Waals surface area (Å²) < 4.78 is 10.0. The van der Waals surface area contributed by atoms with Crippen LogP contribution in [0, 0.1) is 12.0 Å². The van der Waals surface area contributed by atoms with Crippen LogP contribution in [0.5, 0.6) is 5.75 Å². The van der Waals surface area contributed by atoms with E-state index >= 15 is 0 Å². The van der Waals surface area contributed by atoms with Crippen LogP contribution in [0.15, 0.2) is 24.3 Å². The average molecular weight is 219 g/mol. The molecule has 16 heavy (non-hydrogen) atoms. The summed E-state index contributed by atoms with van der Waals surface area (Å²) in [5.41, 5.74) is 5.56. The van der Waals surface area contributed by atoms with Crippen molar-refractivity contribution in [3.63, 3.8) is 0 Å². The summed E-state index contributed by atoms with van der Waals surface area (Å²) in [7, 11) is 1.49. The van der Waals surface area contributed by atoms with Gasteiger partial charge in [-0.3, -0.25) is 4.79 Å². The predicted molar refractivity (Wildman–Crippen MR) is 59.8 cm³/mol. The zero-order valence-electron chi connectivity index (χ0n) is 9.19. The van der Waals surface area contributed by atoms with E-state index in [0.29, 0.717) is 11.3 Å². The Hall–Kier alpha value is -2.15. The quantitative estimate of drug-likeness (QED) is 0.776. The predicted octanol–water partition coefficient (Wildman–Crippen LogP) is 1.16. The van der Waals surface area contributed by atoms with Crippen LogP contribution in [0.25, 0.3) is 0 Å². The van der Waals surface area contributed by atoms with E-state index in [1.807, 2.05) is 0 Å². The van der Waals surface area contributed by atoms with Crippen molar-refractivity contribution in [2.24, 2.45) is 5.73 Å². The van der Waals surface area contributed by atoms with Crippen LogP contribution in [0.2, 0.25) is 0 Å². The minimum Gasteiger partial charge on any atom is -0.478 e. The van der Waals surface area contributed by atoms with Crippen molar-refractivity contribution in [3.05, 3.63) is 29.8 Å². The number of nitrogens with two attached hydrogens (primary N) is 1. The lowest BCUT2D eigenvalue weighted by molar-refractivity contribution is 0.100. The molecule has 1 aromatic rings. The monoisotopic (exact) mass is 219 g/mol. The van der Waals surface area contributed by atoms with E-state index in [1.165, 1.54) is 7.11 Å². The molecule has 1 atom stereocenters. The van der Waals surface area contributed by atoms with Gasteiger partial charge in [0.2, 0.25) is 5.91 Å². The number of hydrogen-bond donors (Lipinski definition) is 1. The number of hydrogen-bond acceptors (Lipinski definition) is 3. The van der Waals surface area contributed by atoms with Gasteiger partial charge in [0.1, 0.15) is 11.9 Å². The Balaban J connectivity index is 2.65. The van der Waals surface area contributed by atoms with E-state index in [9.17, 15) is 4.79 Å². The van der Waals surface area contributed by atoms with Crippen LogP contribution >= 0.6 is 0 Å². The maximum Gasteiger partial charge on any atom is 0.248 e. The first-order valence-electron chi connectivity index (χ1n) is 4.73. The summed E-state index contributed by atoms with van der Waals surface area (Å²) in [5.74, 6) is 2.90. The Bertz CT molecular complexity index is 414. The lowest BCUT2D eigenvalue weighted by Gasteiger charge is -2.08. The summed E-state index contributed by atoms with van der Waals surface area (Å²) in [6.07, 6.45) is 2.17. The summed E-state index contributed by atoms with van der Waals surface area (Å²) in [6.45, 7) is 1.80. The third kappa shape index (κ3) is 3.54. The maximum absolute atomic E-state index is 10.8. The first-order valence-corrected chi connectivity index (χ1v) is 4.73. The molecule has 0 aliphatic carbocycles. The molecule has 0 spiro atoms. The second-order valence-electron chi connectivity index (χ2n) is 3.10. The van der Waals surface area contributed by atoms with Gasteiger partial charge in [-0.25, -0.2) is 0 Å². The number of primary amides is 1. The highest BCUT2D eigenvalue weighted by Crippen LogP contribution is 2.13. The molecule has 0 radical (unpaired) electrons. The van der Waals surface area contributed by atoms with Gasteiger partial charge < -0.3 is 15.2 Å². The van der Waals surface area contributed by atoms with Crippen molar-refractivity contribution in [1.82, 2.24) is 0 Å². The fourth-order valence-corrected chi connectivity index (χ4v) is 1.07. The van der Waals surface area contributed by atoms with Gasteiger partial charge in [-0.05, 0) is 37.1 Å². The maximum atomic E-state index is 10.8. The van der Waals surface area contributed by atoms with Gasteiger partial charge in [0, 0.05) is 5.56 Å². The van der Waals surface area contributed by atoms with E-state index in [2.05, 4.69) is 16.8 Å². The van der Waals surface area contributed by atoms with Crippen LogP contribution in [-0.2, 0) is 4.74 Å². The highest BCUT2D eigenvalue weighted by molar-refractivity contribution is 5.92. The molecule has 0 fully saturated rings. The van der Waals surface area contributed by atoms with Crippen LogP contribution in [0.4, 0.5) is 0 Å². The Morgan fingerprint density at radius 3 is 2.50 bits per heavy atom. The van der Waals surface area contributed by atoms with Gasteiger partial charge in [0.25, 0.3) is 0 Å². The number of amides is 1. The molecule has 2 N–H and O–H groups in total. The number of carbonyl (C=O) groups excluding carboxylic acids is 1. The molecule has 4 heteroatoms. The third-order valence-electron chi connectivity index (χ3n) is 1.82. The second kappa shape index (κ2) is 5.66. The topological polar surface area (TPSA) is 61.6 Å². The van der Waals surface area contributed by atoms with Gasteiger partial charge in [-0.1, -0.05) is 0 Å². The molecular formula is C12H13NO3. The van der Waals surface area contributed by atoms with E-state index in [1.54, 1.807) is 31.2 Å². The zero-order valence-corrected chi connectivity index (χ0v) is 9.19. The molecule has 0 saturated carbocycles. The molecule has 1 amide bonds. The smallest absolute Gasteiger partial charge is 0.248 e. The summed E-state index contributed by atoms with van der Waals surface area (Å²) >= 11 is 0. The molecule has 0 saturated heterocycles. The SMILES string of the molecule is COC#CC(C)Oc1ccc(C(N)=O)cc1. The average Bonchev–Trinajstić information content (AvgIpc) is 2.27. The van der Waals surface area contributed by atoms with E-state index in [-0.39, 0.29) is 6.10 Å². The molecule has 0 aliphatic rings. The third-order valence-corrected chi connectivity index (χ3v) is 1.82. The van der Waals surface area contributed by atoms with Gasteiger partial charge in [0.15, 0.2) is 6.10 Å². The normalized spacial score (nSPS) is 10.9. The second-order valence-corrected chi connectivity index (χ2v) is 3.10. The minimum absolute atomic E-state index is 0.278. The van der Waals surface area contributed by atoms with Crippen LogP contribution in [0.1, 0.15) is 17.3 Å². The number of rotatable bonds is 3. The molecule has 1 unspecified atom stereocenters. The fraction of sp³-hybridized carbons (Fsp3) is 0.250. The number of carbonyl (C=O) groups is 1. The van der Waals surface area contributed by atoms with E-state index in [0.717, 1.165) is 0 Å². The Labute approximate surface area is 94.3 Å². The molecule has 1 rings (SSSR count). The van der Waals surface area contributed by atoms with E-state index < -0.39 is 5.91 Å². The van der Waals surface area contributed by atoms with Crippen molar-refractivity contribution in [2.75, 3.05) is 7.11 Å². The number of ether oxygens (including phenoxy) is 2. The molecule has 84 valence electrons. The standard InChI is InChI=1S/C12H13NO3/c1-9(7-8-15-2)16-11-5-3-10(4-6-11)12(13)14/h3-6,9H,1-2H3,(H2,13,14). The molecule has 0 aromatic heterocycles. The van der Waals surface area contributed by atoms with Crippen LogP contribution < -0.4 is 10.5 Å². The van der Waals surface area contributed by atoms with Crippen molar-refractivity contribution in [1.29, 1.82) is 0 Å². The lowest BCUT2D eigenvalue weighted by Crippen LogP contribution is -2.11. The molecule has 0 aliphatic heterocycles. The fourth-order valence-electron chi connectivity index (χ4n) is 1.07. The Morgan fingerprint density at radius 1 is 1.38 bits per heavy atom. The summed E-state index contributed by atoms with van der Waals surface area (Å²) in [6, 6.07) is 6.55. The minimum atomic E-state index is -0.459. The Kier molecular flexibility index (Phi) is 4.22. The summed E-state index contributed by atoms with van der Waals surface area (Å²) in [4.78, 5) is 10.8. The van der Waals surface area contributed by atoms with Crippen LogP contribution in [0.3, 0.4) is 0 Å². The van der Waals surface area contributed by atoms with Gasteiger partial charge in [-0.15, -0.1) is 0 Å². The van der Waals surface area contributed by atoms with Crippen LogP contribution in [-0.4, -0.2) is 19.1 Å². The van der Waals surface area contributed by atoms with Crippen molar-refractivity contribution in [3.8, 4) is 17.8 Å².